The van der Waals surface area contributed by atoms with Crippen LogP contribution in [0.2, 0.25) is 0 Å². The van der Waals surface area contributed by atoms with Crippen LogP contribution in [0.4, 0.5) is 0 Å². The van der Waals surface area contributed by atoms with E-state index in [0.29, 0.717) is 12.8 Å². The summed E-state index contributed by atoms with van der Waals surface area (Å²) in [5.74, 6) is -0.582. The lowest BCUT2D eigenvalue weighted by molar-refractivity contribution is -0.161. The minimum Gasteiger partial charge on any atom is -0.462 e. The third kappa shape index (κ3) is 68.5. The first kappa shape index (κ1) is 78.0. The summed E-state index contributed by atoms with van der Waals surface area (Å²) in [6.45, 7) is 3.94. The Morgan fingerprint density at radius 1 is 0.280 bits per heavy atom. The highest BCUT2D eigenvalue weighted by atomic mass is 16.6. The van der Waals surface area contributed by atoms with E-state index in [9.17, 15) is 14.7 Å². The zero-order chi connectivity index (χ0) is 59.1. The van der Waals surface area contributed by atoms with Crippen LogP contribution >= 0.6 is 0 Å². The number of unbranched alkanes of at least 4 members (excludes halogenated alkanes) is 33. The third-order valence-corrected chi connectivity index (χ3v) is 14.9. The molecule has 0 aromatic rings. The Labute approximate surface area is 508 Å². The molecule has 0 aromatic heterocycles. The lowest BCUT2D eigenvalue weighted by Gasteiger charge is -2.15. The van der Waals surface area contributed by atoms with E-state index in [4.69, 9.17) is 9.47 Å². The van der Waals surface area contributed by atoms with Crippen molar-refractivity contribution < 1.29 is 24.2 Å². The Kier molecular flexibility index (Phi) is 67.9. The number of ether oxygens (including phenoxy) is 2. The van der Waals surface area contributed by atoms with Gasteiger partial charge in [-0.05, 0) is 109 Å². The minimum atomic E-state index is -0.779. The van der Waals surface area contributed by atoms with E-state index < -0.39 is 6.10 Å². The lowest BCUT2D eigenvalue weighted by atomic mass is 10.0. The fourth-order valence-electron chi connectivity index (χ4n) is 9.82. The molecule has 5 heteroatoms. The summed E-state index contributed by atoms with van der Waals surface area (Å²) in [5.41, 5.74) is 0. The van der Waals surface area contributed by atoms with Crippen molar-refractivity contribution in [3.63, 3.8) is 0 Å². The van der Waals surface area contributed by atoms with Gasteiger partial charge in [0.1, 0.15) is 6.61 Å². The number of aliphatic hydroxyl groups excluding tert-OH is 1. The first-order chi connectivity index (χ1) is 40.6. The number of carbonyl (C=O) groups excluding carboxylic acids is 2. The monoisotopic (exact) mass is 1130 g/mol. The molecule has 82 heavy (non-hydrogen) atoms. The molecule has 0 heterocycles. The van der Waals surface area contributed by atoms with E-state index in [0.717, 1.165) is 109 Å². The molecule has 0 radical (unpaired) electrons. The van der Waals surface area contributed by atoms with Gasteiger partial charge in [0, 0.05) is 12.8 Å². The van der Waals surface area contributed by atoms with Gasteiger partial charge in [-0.15, -0.1) is 0 Å². The van der Waals surface area contributed by atoms with Gasteiger partial charge in [0.2, 0.25) is 0 Å². The number of hydrogen-bond donors (Lipinski definition) is 1. The average Bonchev–Trinajstić information content (AvgIpc) is 3.49. The van der Waals surface area contributed by atoms with E-state index in [1.807, 2.05) is 0 Å². The van der Waals surface area contributed by atoms with E-state index >= 15 is 0 Å². The Morgan fingerprint density at radius 3 is 0.732 bits per heavy atom. The molecule has 468 valence electrons. The molecule has 1 atom stereocenters. The van der Waals surface area contributed by atoms with Crippen LogP contribution in [0.3, 0.4) is 0 Å². The van der Waals surface area contributed by atoms with Gasteiger partial charge in [-0.25, -0.2) is 0 Å². The second kappa shape index (κ2) is 71.3. The van der Waals surface area contributed by atoms with Gasteiger partial charge < -0.3 is 14.6 Å². The highest BCUT2D eigenvalue weighted by Crippen LogP contribution is 2.17. The Morgan fingerprint density at radius 2 is 0.488 bits per heavy atom. The van der Waals surface area contributed by atoms with Crippen molar-refractivity contribution in [2.45, 2.75) is 328 Å². The van der Waals surface area contributed by atoms with Crippen molar-refractivity contribution in [2.24, 2.45) is 0 Å². The summed E-state index contributed by atoms with van der Waals surface area (Å²) >= 11 is 0. The summed E-state index contributed by atoms with van der Waals surface area (Å²) in [5, 5.41) is 9.70. The van der Waals surface area contributed by atoms with E-state index in [-0.39, 0.29) is 25.2 Å². The van der Waals surface area contributed by atoms with E-state index in [1.165, 1.54) is 186 Å². The fraction of sp³-hybridized carbons (Fsp3) is 0.688. The standard InChI is InChI=1S/C77H130O5/c1-3-5-7-9-11-13-15-17-19-21-23-25-27-29-31-33-34-35-36-37-38-39-40-41-42-44-46-48-50-52-54-56-58-60-62-64-66-68-70-72-77(80)82-75(73-78)74-81-76(79)71-69-67-65-63-61-59-57-55-53-51-49-47-45-43-32-30-28-26-24-22-20-18-16-14-12-10-8-6-4-2/h5-8,11-14,17-20,23-26,29,31,34-35,37-38,75,78H,3-4,9-10,15-16,21-22,27-28,30,32-33,36,39-74H2,1-2H3/b7-5-,8-6-,13-11-,14-12-,19-17-,20-18-,25-23-,26-24-,31-29-,35-34-,38-37-. The summed E-state index contributed by atoms with van der Waals surface area (Å²) in [6.07, 6.45) is 106. The first-order valence-corrected chi connectivity index (χ1v) is 34.7. The lowest BCUT2D eigenvalue weighted by Crippen LogP contribution is -2.28. The molecule has 1 N–H and O–H groups in total. The molecule has 0 aliphatic rings. The van der Waals surface area contributed by atoms with Gasteiger partial charge in [0.25, 0.3) is 0 Å². The van der Waals surface area contributed by atoms with Gasteiger partial charge in [0.15, 0.2) is 6.10 Å². The molecule has 0 amide bonds. The molecule has 0 saturated heterocycles. The van der Waals surface area contributed by atoms with Crippen LogP contribution in [0.15, 0.2) is 134 Å². The Hall–Kier alpha value is -3.96. The smallest absolute Gasteiger partial charge is 0.306 e. The largest absolute Gasteiger partial charge is 0.462 e. The maximum Gasteiger partial charge on any atom is 0.306 e. The molecule has 0 aromatic carbocycles. The van der Waals surface area contributed by atoms with E-state index in [1.54, 1.807) is 0 Å². The van der Waals surface area contributed by atoms with Crippen molar-refractivity contribution >= 4 is 11.9 Å². The number of carbonyl (C=O) groups is 2. The topological polar surface area (TPSA) is 72.8 Å². The molecule has 0 saturated carbocycles. The first-order valence-electron chi connectivity index (χ1n) is 34.7. The van der Waals surface area contributed by atoms with E-state index in [2.05, 4.69) is 148 Å². The van der Waals surface area contributed by atoms with Crippen LogP contribution < -0.4 is 0 Å². The predicted octanol–water partition coefficient (Wildman–Crippen LogP) is 24.3. The molecular formula is C77H130O5. The zero-order valence-electron chi connectivity index (χ0n) is 53.7. The highest BCUT2D eigenvalue weighted by Gasteiger charge is 2.16. The average molecular weight is 1140 g/mol. The van der Waals surface area contributed by atoms with Crippen LogP contribution in [0, 0.1) is 0 Å². The molecule has 0 aliphatic heterocycles. The number of hydrogen-bond acceptors (Lipinski definition) is 5. The number of allylic oxidation sites excluding steroid dienone is 22. The van der Waals surface area contributed by atoms with Crippen molar-refractivity contribution in [3.05, 3.63) is 134 Å². The quantitative estimate of drug-likeness (QED) is 0.0373. The van der Waals surface area contributed by atoms with Gasteiger partial charge in [-0.2, -0.15) is 0 Å². The SMILES string of the molecule is CC/C=C\C/C=C\C/C=C\C/C=C\C/C=C\C/C=C\C/C=C\CCCCCCCCCCCCCCCCCCCC(=O)OC(CO)COC(=O)CCCCCCCCCCCCCCCCCC/C=C\C/C=C\C/C=C\C/C=C\CC. The summed E-state index contributed by atoms with van der Waals surface area (Å²) in [7, 11) is 0. The van der Waals surface area contributed by atoms with Gasteiger partial charge in [-0.1, -0.05) is 334 Å². The van der Waals surface area contributed by atoms with Crippen molar-refractivity contribution in [2.75, 3.05) is 13.2 Å². The van der Waals surface area contributed by atoms with Crippen molar-refractivity contribution in [1.82, 2.24) is 0 Å². The zero-order valence-corrected chi connectivity index (χ0v) is 53.7. The maximum absolute atomic E-state index is 12.4. The molecular weight excluding hydrogens is 1000 g/mol. The number of esters is 2. The Balaban J connectivity index is 3.47. The molecule has 5 nitrogen and oxygen atoms in total. The summed E-state index contributed by atoms with van der Waals surface area (Å²) in [6, 6.07) is 0. The van der Waals surface area contributed by atoms with Crippen molar-refractivity contribution in [3.8, 4) is 0 Å². The molecule has 1 unspecified atom stereocenters. The van der Waals surface area contributed by atoms with Crippen LogP contribution in [0.5, 0.6) is 0 Å². The van der Waals surface area contributed by atoms with Gasteiger partial charge in [0.05, 0.1) is 6.61 Å². The normalized spacial score (nSPS) is 13.1. The summed E-state index contributed by atoms with van der Waals surface area (Å²) < 4.78 is 10.8. The van der Waals surface area contributed by atoms with Crippen molar-refractivity contribution in [1.29, 1.82) is 0 Å². The molecule has 0 rings (SSSR count). The highest BCUT2D eigenvalue weighted by molar-refractivity contribution is 5.70. The third-order valence-electron chi connectivity index (χ3n) is 14.9. The number of rotatable bonds is 63. The molecule has 0 spiro atoms. The number of aliphatic hydroxyl groups is 1. The second-order valence-corrected chi connectivity index (χ2v) is 22.8. The Bertz CT molecular complexity index is 1670. The molecule has 0 fully saturated rings. The van der Waals surface area contributed by atoms with Crippen LogP contribution in [-0.2, 0) is 19.1 Å². The maximum atomic E-state index is 12.4. The van der Waals surface area contributed by atoms with Gasteiger partial charge >= 0.3 is 11.9 Å². The van der Waals surface area contributed by atoms with Gasteiger partial charge in [-0.3, -0.25) is 9.59 Å². The fourth-order valence-corrected chi connectivity index (χ4v) is 9.82. The predicted molar refractivity (Wildman–Crippen MR) is 361 cm³/mol. The van der Waals surface area contributed by atoms with Crippen LogP contribution in [0.1, 0.15) is 322 Å². The molecule has 0 bridgehead atoms. The molecule has 0 aliphatic carbocycles. The van der Waals surface area contributed by atoms with Crippen LogP contribution in [-0.4, -0.2) is 36.4 Å². The summed E-state index contributed by atoms with van der Waals surface area (Å²) in [4.78, 5) is 24.7. The second-order valence-electron chi connectivity index (χ2n) is 22.8. The minimum absolute atomic E-state index is 0.0678. The van der Waals surface area contributed by atoms with Crippen LogP contribution in [0.25, 0.3) is 0 Å².